The highest BCUT2D eigenvalue weighted by Gasteiger charge is 2.15. The van der Waals surface area contributed by atoms with E-state index in [1.165, 1.54) is 19.3 Å². The first-order chi connectivity index (χ1) is 10.7. The summed E-state index contributed by atoms with van der Waals surface area (Å²) in [5.74, 6) is 0. The molecule has 0 saturated carbocycles. The van der Waals surface area contributed by atoms with Crippen molar-refractivity contribution in [2.75, 3.05) is 29.9 Å². The molecule has 0 bridgehead atoms. The van der Waals surface area contributed by atoms with E-state index in [1.807, 2.05) is 25.1 Å². The summed E-state index contributed by atoms with van der Waals surface area (Å²) < 4.78 is 0. The average molecular weight is 305 g/mol. The Hall–Kier alpha value is -1.75. The number of amides is 2. The third-order valence-corrected chi connectivity index (χ3v) is 4.08. The second-order valence-corrected chi connectivity index (χ2v) is 5.80. The van der Waals surface area contributed by atoms with Crippen LogP contribution in [0.5, 0.6) is 0 Å². The maximum absolute atomic E-state index is 12.0. The molecule has 0 aliphatic carbocycles. The Labute approximate surface area is 132 Å². The lowest BCUT2D eigenvalue weighted by Gasteiger charge is -2.30. The van der Waals surface area contributed by atoms with Crippen molar-refractivity contribution < 1.29 is 9.90 Å². The van der Waals surface area contributed by atoms with Gasteiger partial charge in [-0.05, 0) is 44.2 Å². The van der Waals surface area contributed by atoms with Crippen LogP contribution in [-0.2, 0) is 0 Å². The van der Waals surface area contributed by atoms with Gasteiger partial charge in [0.1, 0.15) is 0 Å². The van der Waals surface area contributed by atoms with Gasteiger partial charge >= 0.3 is 6.03 Å². The number of hydrogen-bond donors (Lipinski definition) is 3. The van der Waals surface area contributed by atoms with Crippen LogP contribution >= 0.6 is 0 Å². The van der Waals surface area contributed by atoms with E-state index in [9.17, 15) is 9.90 Å². The third-order valence-electron chi connectivity index (χ3n) is 4.08. The van der Waals surface area contributed by atoms with E-state index < -0.39 is 0 Å². The van der Waals surface area contributed by atoms with Crippen molar-refractivity contribution in [2.45, 2.75) is 45.1 Å². The number of urea groups is 1. The lowest BCUT2D eigenvalue weighted by atomic mass is 10.1. The fourth-order valence-electron chi connectivity index (χ4n) is 2.71. The van der Waals surface area contributed by atoms with Crippen molar-refractivity contribution in [1.82, 2.24) is 5.32 Å². The van der Waals surface area contributed by atoms with Crippen LogP contribution in [0, 0.1) is 0 Å². The number of nitrogens with zero attached hydrogens (tertiary/aromatic N) is 1. The standard InChI is InChI=1S/C17H27N3O2/c1-2-14(21)10-11-18-17(22)19-15-8-4-5-9-16(15)20-12-6-3-7-13-20/h4-5,8-9,14,21H,2-3,6-7,10-13H2,1H3,(H2,18,19,22). The van der Waals surface area contributed by atoms with Gasteiger partial charge in [0.15, 0.2) is 0 Å². The first-order valence-electron chi connectivity index (χ1n) is 8.27. The number of nitrogens with one attached hydrogen (secondary N) is 2. The minimum Gasteiger partial charge on any atom is -0.393 e. The number of rotatable bonds is 6. The number of para-hydroxylation sites is 2. The van der Waals surface area contributed by atoms with Crippen LogP contribution < -0.4 is 15.5 Å². The largest absolute Gasteiger partial charge is 0.393 e. The van der Waals surface area contributed by atoms with Crippen LogP contribution in [0.15, 0.2) is 24.3 Å². The molecule has 2 rings (SSSR count). The molecule has 1 unspecified atom stereocenters. The third kappa shape index (κ3) is 4.91. The van der Waals surface area contributed by atoms with Gasteiger partial charge in [-0.1, -0.05) is 19.1 Å². The molecule has 1 atom stereocenters. The van der Waals surface area contributed by atoms with Crippen molar-refractivity contribution in [3.8, 4) is 0 Å². The van der Waals surface area contributed by atoms with Crippen LogP contribution in [0.3, 0.4) is 0 Å². The fourth-order valence-corrected chi connectivity index (χ4v) is 2.71. The molecule has 0 radical (unpaired) electrons. The maximum atomic E-state index is 12.0. The molecule has 1 aliphatic heterocycles. The highest BCUT2D eigenvalue weighted by molar-refractivity contribution is 5.93. The van der Waals surface area contributed by atoms with Gasteiger partial charge in [0, 0.05) is 19.6 Å². The average Bonchev–Trinajstić information content (AvgIpc) is 2.56. The molecule has 1 aromatic rings. The van der Waals surface area contributed by atoms with E-state index in [-0.39, 0.29) is 12.1 Å². The Morgan fingerprint density at radius 1 is 1.27 bits per heavy atom. The molecular formula is C17H27N3O2. The molecule has 122 valence electrons. The molecular weight excluding hydrogens is 278 g/mol. The van der Waals surface area contributed by atoms with E-state index in [4.69, 9.17) is 0 Å². The lowest BCUT2D eigenvalue weighted by molar-refractivity contribution is 0.160. The van der Waals surface area contributed by atoms with Gasteiger partial charge in [-0.15, -0.1) is 0 Å². The second-order valence-electron chi connectivity index (χ2n) is 5.80. The normalized spacial score (nSPS) is 16.2. The molecule has 22 heavy (non-hydrogen) atoms. The molecule has 1 fully saturated rings. The summed E-state index contributed by atoms with van der Waals surface area (Å²) >= 11 is 0. The quantitative estimate of drug-likeness (QED) is 0.757. The molecule has 1 aliphatic rings. The summed E-state index contributed by atoms with van der Waals surface area (Å²) in [6.45, 7) is 4.50. The van der Waals surface area contributed by atoms with Crippen molar-refractivity contribution in [1.29, 1.82) is 0 Å². The van der Waals surface area contributed by atoms with Crippen molar-refractivity contribution >= 4 is 17.4 Å². The molecule has 5 nitrogen and oxygen atoms in total. The maximum Gasteiger partial charge on any atom is 0.319 e. The Morgan fingerprint density at radius 2 is 2.00 bits per heavy atom. The highest BCUT2D eigenvalue weighted by atomic mass is 16.3. The minimum absolute atomic E-state index is 0.215. The SMILES string of the molecule is CCC(O)CCNC(=O)Nc1ccccc1N1CCCCC1. The van der Waals surface area contributed by atoms with E-state index in [2.05, 4.69) is 21.6 Å². The number of carbonyl (C=O) groups is 1. The zero-order valence-corrected chi connectivity index (χ0v) is 13.3. The van der Waals surface area contributed by atoms with E-state index in [1.54, 1.807) is 0 Å². The number of benzene rings is 1. The summed E-state index contributed by atoms with van der Waals surface area (Å²) in [7, 11) is 0. The molecule has 3 N–H and O–H groups in total. The number of carbonyl (C=O) groups excluding carboxylic acids is 1. The minimum atomic E-state index is -0.346. The Balaban J connectivity index is 1.90. The van der Waals surface area contributed by atoms with Crippen molar-refractivity contribution in [3.63, 3.8) is 0 Å². The van der Waals surface area contributed by atoms with Gasteiger partial charge in [-0.2, -0.15) is 0 Å². The molecule has 0 spiro atoms. The molecule has 2 amide bonds. The predicted molar refractivity (Wildman–Crippen MR) is 90.4 cm³/mol. The highest BCUT2D eigenvalue weighted by Crippen LogP contribution is 2.28. The van der Waals surface area contributed by atoms with E-state index >= 15 is 0 Å². The molecule has 0 aromatic heterocycles. The molecule has 1 saturated heterocycles. The van der Waals surface area contributed by atoms with Crippen LogP contribution in [0.2, 0.25) is 0 Å². The van der Waals surface area contributed by atoms with E-state index in [0.717, 1.165) is 24.5 Å². The summed E-state index contributed by atoms with van der Waals surface area (Å²) in [5.41, 5.74) is 1.93. The number of hydrogen-bond acceptors (Lipinski definition) is 3. The van der Waals surface area contributed by atoms with E-state index in [0.29, 0.717) is 19.4 Å². The number of aliphatic hydroxyl groups excluding tert-OH is 1. The predicted octanol–water partition coefficient (Wildman–Crippen LogP) is 2.96. The number of piperidine rings is 1. The summed E-state index contributed by atoms with van der Waals surface area (Å²) in [6.07, 6.45) is 4.64. The number of anilines is 2. The Bertz CT molecular complexity index is 473. The van der Waals surface area contributed by atoms with Gasteiger partial charge in [0.2, 0.25) is 0 Å². The first kappa shape index (κ1) is 16.6. The zero-order chi connectivity index (χ0) is 15.8. The van der Waals surface area contributed by atoms with Gasteiger partial charge < -0.3 is 20.6 Å². The van der Waals surface area contributed by atoms with Gasteiger partial charge in [0.25, 0.3) is 0 Å². The molecule has 1 aromatic carbocycles. The van der Waals surface area contributed by atoms with Crippen LogP contribution in [0.1, 0.15) is 39.0 Å². The Kier molecular flexibility index (Phi) is 6.52. The summed E-state index contributed by atoms with van der Waals surface area (Å²) in [6, 6.07) is 7.72. The smallest absolute Gasteiger partial charge is 0.319 e. The Morgan fingerprint density at radius 3 is 2.73 bits per heavy atom. The second kappa shape index (κ2) is 8.63. The first-order valence-corrected chi connectivity index (χ1v) is 8.27. The van der Waals surface area contributed by atoms with Gasteiger partial charge in [-0.3, -0.25) is 0 Å². The van der Waals surface area contributed by atoms with Crippen LogP contribution in [-0.4, -0.2) is 36.9 Å². The monoisotopic (exact) mass is 305 g/mol. The molecule has 5 heteroatoms. The topological polar surface area (TPSA) is 64.6 Å². The van der Waals surface area contributed by atoms with Crippen molar-refractivity contribution in [2.24, 2.45) is 0 Å². The number of aliphatic hydroxyl groups is 1. The fraction of sp³-hybridized carbons (Fsp3) is 0.588. The van der Waals surface area contributed by atoms with Gasteiger partial charge in [0.05, 0.1) is 17.5 Å². The van der Waals surface area contributed by atoms with Crippen LogP contribution in [0.4, 0.5) is 16.2 Å². The van der Waals surface area contributed by atoms with Crippen molar-refractivity contribution in [3.05, 3.63) is 24.3 Å². The summed E-state index contributed by atoms with van der Waals surface area (Å²) in [5, 5.41) is 15.2. The summed E-state index contributed by atoms with van der Waals surface area (Å²) in [4.78, 5) is 14.3. The lowest BCUT2D eigenvalue weighted by Crippen LogP contribution is -2.33. The molecule has 1 heterocycles. The zero-order valence-electron chi connectivity index (χ0n) is 13.3. The van der Waals surface area contributed by atoms with Gasteiger partial charge in [-0.25, -0.2) is 4.79 Å². The van der Waals surface area contributed by atoms with Crippen LogP contribution in [0.25, 0.3) is 0 Å².